The van der Waals surface area contributed by atoms with Gasteiger partial charge in [0.05, 0.1) is 26.8 Å². The van der Waals surface area contributed by atoms with E-state index >= 15 is 0 Å². The Hall–Kier alpha value is -2.30. The lowest BCUT2D eigenvalue weighted by Gasteiger charge is -2.09. The molecule has 0 spiro atoms. The lowest BCUT2D eigenvalue weighted by atomic mass is 10.2. The van der Waals surface area contributed by atoms with E-state index in [1.807, 2.05) is 30.3 Å². The second-order valence-electron chi connectivity index (χ2n) is 3.70. The second kappa shape index (κ2) is 5.35. The van der Waals surface area contributed by atoms with E-state index in [1.165, 1.54) is 25.0 Å². The van der Waals surface area contributed by atoms with Crippen molar-refractivity contribution in [2.24, 2.45) is 0 Å². The molecule has 0 unspecified atom stereocenters. The van der Waals surface area contributed by atoms with Crippen molar-refractivity contribution in [2.75, 3.05) is 14.2 Å². The molecule has 0 aliphatic heterocycles. The molecule has 94 valence electrons. The van der Waals surface area contributed by atoms with Crippen molar-refractivity contribution >= 4 is 0 Å². The van der Waals surface area contributed by atoms with Gasteiger partial charge in [-0.3, -0.25) is 4.79 Å². The van der Waals surface area contributed by atoms with Crippen LogP contribution in [-0.4, -0.2) is 24.0 Å². The van der Waals surface area contributed by atoms with Gasteiger partial charge < -0.3 is 9.47 Å². The Bertz CT molecular complexity index is 579. The third kappa shape index (κ3) is 2.51. The fourth-order valence-electron chi connectivity index (χ4n) is 1.61. The summed E-state index contributed by atoms with van der Waals surface area (Å²) in [6, 6.07) is 11.0. The number of methoxy groups -OCH3 is 2. The molecule has 0 bridgehead atoms. The first-order valence-electron chi connectivity index (χ1n) is 5.48. The number of hydrogen-bond acceptors (Lipinski definition) is 4. The predicted molar refractivity (Wildman–Crippen MR) is 67.1 cm³/mol. The second-order valence-corrected chi connectivity index (χ2v) is 3.70. The lowest BCUT2D eigenvalue weighted by Crippen LogP contribution is -2.23. The maximum atomic E-state index is 11.8. The van der Waals surface area contributed by atoms with Gasteiger partial charge in [0, 0.05) is 0 Å². The number of hydrogen-bond donors (Lipinski definition) is 0. The molecule has 1 heterocycles. The lowest BCUT2D eigenvalue weighted by molar-refractivity contribution is 0.328. The van der Waals surface area contributed by atoms with Gasteiger partial charge in [0.1, 0.15) is 0 Å². The van der Waals surface area contributed by atoms with Crippen LogP contribution in [0.4, 0.5) is 0 Å². The highest BCUT2D eigenvalue weighted by Gasteiger charge is 2.09. The Morgan fingerprint density at radius 1 is 1.17 bits per heavy atom. The minimum Gasteiger partial charge on any atom is -0.491 e. The molecule has 0 aliphatic carbocycles. The van der Waals surface area contributed by atoms with E-state index in [2.05, 4.69) is 5.10 Å². The van der Waals surface area contributed by atoms with Crippen molar-refractivity contribution in [1.82, 2.24) is 9.78 Å². The van der Waals surface area contributed by atoms with E-state index in [9.17, 15) is 4.79 Å². The van der Waals surface area contributed by atoms with Crippen LogP contribution in [0.5, 0.6) is 11.6 Å². The Labute approximate surface area is 105 Å². The summed E-state index contributed by atoms with van der Waals surface area (Å²) < 4.78 is 11.4. The molecular weight excluding hydrogens is 232 g/mol. The van der Waals surface area contributed by atoms with Crippen molar-refractivity contribution in [3.8, 4) is 11.6 Å². The molecule has 0 N–H and O–H groups in total. The zero-order valence-corrected chi connectivity index (χ0v) is 10.3. The van der Waals surface area contributed by atoms with Gasteiger partial charge in [0.15, 0.2) is 5.75 Å². The van der Waals surface area contributed by atoms with Gasteiger partial charge in [-0.15, -0.1) is 5.10 Å². The number of aromatic nitrogens is 2. The van der Waals surface area contributed by atoms with Crippen molar-refractivity contribution in [2.45, 2.75) is 6.54 Å². The van der Waals surface area contributed by atoms with Crippen molar-refractivity contribution in [3.05, 3.63) is 52.3 Å². The first-order valence-corrected chi connectivity index (χ1v) is 5.48. The summed E-state index contributed by atoms with van der Waals surface area (Å²) in [5.41, 5.74) is 0.774. The Morgan fingerprint density at radius 3 is 2.50 bits per heavy atom. The molecule has 0 aliphatic rings. The zero-order chi connectivity index (χ0) is 13.0. The summed E-state index contributed by atoms with van der Waals surface area (Å²) in [5.74, 6) is 0.639. The fourth-order valence-corrected chi connectivity index (χ4v) is 1.61. The van der Waals surface area contributed by atoms with Gasteiger partial charge in [0.2, 0.25) is 0 Å². The molecule has 0 saturated carbocycles. The van der Waals surface area contributed by atoms with Crippen LogP contribution in [0.3, 0.4) is 0 Å². The normalized spacial score (nSPS) is 10.1. The summed E-state index contributed by atoms with van der Waals surface area (Å²) in [6.07, 6.45) is 0. The third-order valence-electron chi connectivity index (χ3n) is 2.52. The highest BCUT2D eigenvalue weighted by atomic mass is 16.5. The number of benzene rings is 1. The minimum absolute atomic E-state index is 0.225. The van der Waals surface area contributed by atoms with Crippen LogP contribution in [0.25, 0.3) is 0 Å². The molecule has 1 aromatic carbocycles. The van der Waals surface area contributed by atoms with E-state index in [1.54, 1.807) is 0 Å². The molecule has 0 atom stereocenters. The molecule has 2 rings (SSSR count). The minimum atomic E-state index is -0.225. The maximum Gasteiger partial charge on any atom is 0.274 e. The van der Waals surface area contributed by atoms with E-state index in [-0.39, 0.29) is 5.56 Å². The van der Waals surface area contributed by atoms with Gasteiger partial charge in [-0.1, -0.05) is 30.3 Å². The van der Waals surface area contributed by atoms with Crippen LogP contribution >= 0.6 is 0 Å². The summed E-state index contributed by atoms with van der Waals surface area (Å²) in [7, 11) is 2.96. The Morgan fingerprint density at radius 2 is 1.89 bits per heavy atom. The van der Waals surface area contributed by atoms with Crippen molar-refractivity contribution in [1.29, 1.82) is 0 Å². The highest BCUT2D eigenvalue weighted by Crippen LogP contribution is 2.20. The summed E-state index contributed by atoms with van der Waals surface area (Å²) >= 11 is 0. The topological polar surface area (TPSA) is 53.4 Å². The van der Waals surface area contributed by atoms with Gasteiger partial charge in [-0.25, -0.2) is 4.68 Å². The zero-order valence-electron chi connectivity index (χ0n) is 10.3. The third-order valence-corrected chi connectivity index (χ3v) is 2.52. The molecule has 0 fully saturated rings. The van der Waals surface area contributed by atoms with Crippen LogP contribution < -0.4 is 15.0 Å². The molecule has 1 aromatic heterocycles. The molecule has 0 saturated heterocycles. The number of rotatable bonds is 4. The molecular formula is C13H14N2O3. The largest absolute Gasteiger partial charge is 0.491 e. The van der Waals surface area contributed by atoms with Gasteiger partial charge in [-0.2, -0.15) is 0 Å². The standard InChI is InChI=1S/C13H14N2O3/c1-17-11-8-12(16)15(14-13(11)18-2)9-10-6-4-3-5-7-10/h3-8H,9H2,1-2H3. The molecule has 2 aromatic rings. The molecule has 5 heteroatoms. The van der Waals surface area contributed by atoms with Crippen LogP contribution in [0.2, 0.25) is 0 Å². The van der Waals surface area contributed by atoms with E-state index in [0.717, 1.165) is 5.56 Å². The van der Waals surface area contributed by atoms with Crippen LogP contribution in [0.1, 0.15) is 5.56 Å². The smallest absolute Gasteiger partial charge is 0.274 e. The van der Waals surface area contributed by atoms with Gasteiger partial charge in [-0.05, 0) is 5.56 Å². The molecule has 18 heavy (non-hydrogen) atoms. The highest BCUT2D eigenvalue weighted by molar-refractivity contribution is 5.31. The van der Waals surface area contributed by atoms with E-state index in [0.29, 0.717) is 18.2 Å². The first-order chi connectivity index (χ1) is 8.74. The molecule has 0 radical (unpaired) electrons. The fraction of sp³-hybridized carbons (Fsp3) is 0.231. The molecule has 5 nitrogen and oxygen atoms in total. The quantitative estimate of drug-likeness (QED) is 0.816. The van der Waals surface area contributed by atoms with Crippen LogP contribution in [0, 0.1) is 0 Å². The van der Waals surface area contributed by atoms with E-state index in [4.69, 9.17) is 9.47 Å². The van der Waals surface area contributed by atoms with Crippen LogP contribution in [-0.2, 0) is 6.54 Å². The van der Waals surface area contributed by atoms with Crippen LogP contribution in [0.15, 0.2) is 41.2 Å². The monoisotopic (exact) mass is 246 g/mol. The summed E-state index contributed by atoms with van der Waals surface area (Å²) in [4.78, 5) is 11.8. The Balaban J connectivity index is 2.37. The average Bonchev–Trinajstić information content (AvgIpc) is 2.41. The van der Waals surface area contributed by atoms with Crippen molar-refractivity contribution < 1.29 is 9.47 Å². The first kappa shape index (κ1) is 12.2. The average molecular weight is 246 g/mol. The molecule has 0 amide bonds. The SMILES string of the molecule is COc1cc(=O)n(Cc2ccccc2)nc1OC. The number of nitrogens with zero attached hydrogens (tertiary/aromatic N) is 2. The maximum absolute atomic E-state index is 11.8. The van der Waals surface area contributed by atoms with Gasteiger partial charge >= 0.3 is 0 Å². The number of ether oxygens (including phenoxy) is 2. The van der Waals surface area contributed by atoms with E-state index < -0.39 is 0 Å². The predicted octanol–water partition coefficient (Wildman–Crippen LogP) is 1.31. The van der Waals surface area contributed by atoms with Crippen molar-refractivity contribution in [3.63, 3.8) is 0 Å². The van der Waals surface area contributed by atoms with Gasteiger partial charge in [0.25, 0.3) is 11.4 Å². The summed E-state index contributed by atoms with van der Waals surface area (Å²) in [6.45, 7) is 0.403. The summed E-state index contributed by atoms with van der Waals surface area (Å²) in [5, 5.41) is 4.11. The Kier molecular flexibility index (Phi) is 3.62.